The van der Waals surface area contributed by atoms with Crippen molar-refractivity contribution in [3.05, 3.63) is 0 Å². The van der Waals surface area contributed by atoms with Crippen molar-refractivity contribution in [3.8, 4) is 0 Å². The Balaban J connectivity index is 1.96. The van der Waals surface area contributed by atoms with Gasteiger partial charge in [-0.25, -0.2) is 0 Å². The molecule has 1 saturated carbocycles. The quantitative estimate of drug-likeness (QED) is 0.775. The van der Waals surface area contributed by atoms with E-state index in [1.807, 2.05) is 0 Å². The van der Waals surface area contributed by atoms with Crippen LogP contribution in [-0.2, 0) is 0 Å². The molecule has 2 N–H and O–H groups in total. The maximum absolute atomic E-state index is 9.93. The second kappa shape index (κ2) is 6.11. The topological polar surface area (TPSA) is 35.5 Å². The number of hydrogen-bond donors (Lipinski definition) is 2. The lowest BCUT2D eigenvalue weighted by Gasteiger charge is -2.38. The van der Waals surface area contributed by atoms with Crippen molar-refractivity contribution < 1.29 is 5.11 Å². The standard InChI is InChI=1S/C16H32N2O/c1-4-17-16(13-19,14-6-7-14)12-18-10-5-8-15(2,3)9-11-18/h14,17,19H,4-13H2,1-3H3. The van der Waals surface area contributed by atoms with Crippen molar-refractivity contribution in [3.63, 3.8) is 0 Å². The van der Waals surface area contributed by atoms with Gasteiger partial charge in [-0.3, -0.25) is 0 Å². The molecule has 0 amide bonds. The first-order chi connectivity index (χ1) is 9.01. The van der Waals surface area contributed by atoms with Crippen LogP contribution in [0.5, 0.6) is 0 Å². The van der Waals surface area contributed by atoms with Crippen LogP contribution in [0.15, 0.2) is 0 Å². The summed E-state index contributed by atoms with van der Waals surface area (Å²) in [6, 6.07) is 0. The fourth-order valence-electron chi connectivity index (χ4n) is 3.59. The van der Waals surface area contributed by atoms with Crippen LogP contribution in [0.3, 0.4) is 0 Å². The van der Waals surface area contributed by atoms with Crippen LogP contribution in [0, 0.1) is 11.3 Å². The highest BCUT2D eigenvalue weighted by Gasteiger charge is 2.45. The maximum atomic E-state index is 9.93. The lowest BCUT2D eigenvalue weighted by atomic mass is 9.85. The summed E-state index contributed by atoms with van der Waals surface area (Å²) >= 11 is 0. The van der Waals surface area contributed by atoms with Gasteiger partial charge in [-0.2, -0.15) is 0 Å². The molecule has 2 rings (SSSR count). The Morgan fingerprint density at radius 2 is 2.00 bits per heavy atom. The predicted octanol–water partition coefficient (Wildman–Crippen LogP) is 2.25. The minimum Gasteiger partial charge on any atom is -0.394 e. The molecule has 1 aliphatic heterocycles. The van der Waals surface area contributed by atoms with Crippen molar-refractivity contribution >= 4 is 0 Å². The molecule has 0 aromatic heterocycles. The highest BCUT2D eigenvalue weighted by molar-refractivity contribution is 5.03. The van der Waals surface area contributed by atoms with Gasteiger partial charge < -0.3 is 15.3 Å². The van der Waals surface area contributed by atoms with Crippen LogP contribution < -0.4 is 5.32 Å². The largest absolute Gasteiger partial charge is 0.394 e. The van der Waals surface area contributed by atoms with Gasteiger partial charge in [0, 0.05) is 6.54 Å². The zero-order valence-electron chi connectivity index (χ0n) is 13.0. The zero-order valence-corrected chi connectivity index (χ0v) is 13.0. The van der Waals surface area contributed by atoms with Crippen molar-refractivity contribution in [2.45, 2.75) is 58.4 Å². The van der Waals surface area contributed by atoms with Gasteiger partial charge in [-0.1, -0.05) is 20.8 Å². The second-order valence-electron chi connectivity index (χ2n) is 7.41. The average molecular weight is 268 g/mol. The molecule has 1 saturated heterocycles. The Kier molecular flexibility index (Phi) is 4.91. The lowest BCUT2D eigenvalue weighted by Crippen LogP contribution is -2.58. The number of rotatable bonds is 6. The molecule has 0 aromatic rings. The van der Waals surface area contributed by atoms with E-state index in [9.17, 15) is 5.11 Å². The van der Waals surface area contributed by atoms with Crippen LogP contribution in [0.1, 0.15) is 52.9 Å². The van der Waals surface area contributed by atoms with E-state index in [4.69, 9.17) is 0 Å². The summed E-state index contributed by atoms with van der Waals surface area (Å²) in [5, 5.41) is 13.5. The van der Waals surface area contributed by atoms with Crippen molar-refractivity contribution in [1.29, 1.82) is 0 Å². The van der Waals surface area contributed by atoms with Crippen LogP contribution in [0.25, 0.3) is 0 Å². The smallest absolute Gasteiger partial charge is 0.0628 e. The average Bonchev–Trinajstić information content (AvgIpc) is 3.18. The van der Waals surface area contributed by atoms with E-state index in [1.54, 1.807) is 0 Å². The molecule has 2 fully saturated rings. The van der Waals surface area contributed by atoms with Crippen molar-refractivity contribution in [1.82, 2.24) is 10.2 Å². The van der Waals surface area contributed by atoms with E-state index < -0.39 is 0 Å². The lowest BCUT2D eigenvalue weighted by molar-refractivity contribution is 0.0919. The predicted molar refractivity (Wildman–Crippen MR) is 80.3 cm³/mol. The Bertz CT molecular complexity index is 288. The highest BCUT2D eigenvalue weighted by atomic mass is 16.3. The minimum absolute atomic E-state index is 0.0385. The summed E-state index contributed by atoms with van der Waals surface area (Å²) in [6.45, 7) is 11.6. The van der Waals surface area contributed by atoms with Gasteiger partial charge in [0.25, 0.3) is 0 Å². The molecule has 1 heterocycles. The third-order valence-corrected chi connectivity index (χ3v) is 5.11. The van der Waals surface area contributed by atoms with Gasteiger partial charge in [0.2, 0.25) is 0 Å². The van der Waals surface area contributed by atoms with Gasteiger partial charge in [0.15, 0.2) is 0 Å². The molecule has 1 atom stereocenters. The fourth-order valence-corrected chi connectivity index (χ4v) is 3.59. The van der Waals surface area contributed by atoms with Gasteiger partial charge in [0.05, 0.1) is 12.1 Å². The van der Waals surface area contributed by atoms with E-state index in [0.717, 1.165) is 13.1 Å². The van der Waals surface area contributed by atoms with Crippen LogP contribution in [-0.4, -0.2) is 48.3 Å². The third-order valence-electron chi connectivity index (χ3n) is 5.11. The van der Waals surface area contributed by atoms with E-state index in [2.05, 4.69) is 31.0 Å². The Hall–Kier alpha value is -0.120. The monoisotopic (exact) mass is 268 g/mol. The van der Waals surface area contributed by atoms with Crippen LogP contribution >= 0.6 is 0 Å². The van der Waals surface area contributed by atoms with E-state index in [1.165, 1.54) is 45.2 Å². The number of likely N-dealkylation sites (N-methyl/N-ethyl adjacent to an activating group) is 1. The second-order valence-corrected chi connectivity index (χ2v) is 7.41. The SMILES string of the molecule is CCNC(CO)(CN1CCCC(C)(C)CC1)C1CC1. The number of aliphatic hydroxyl groups is 1. The molecule has 1 unspecified atom stereocenters. The number of nitrogens with one attached hydrogen (secondary N) is 1. The summed E-state index contributed by atoms with van der Waals surface area (Å²) < 4.78 is 0. The first-order valence-electron chi connectivity index (χ1n) is 8.09. The van der Waals surface area contributed by atoms with Crippen LogP contribution in [0.4, 0.5) is 0 Å². The summed E-state index contributed by atoms with van der Waals surface area (Å²) in [5.74, 6) is 0.689. The molecule has 2 aliphatic rings. The fraction of sp³-hybridized carbons (Fsp3) is 1.00. The molecule has 0 aromatic carbocycles. The van der Waals surface area contributed by atoms with E-state index in [-0.39, 0.29) is 12.1 Å². The zero-order chi connectivity index (χ0) is 13.9. The summed E-state index contributed by atoms with van der Waals surface area (Å²) in [6.07, 6.45) is 6.48. The third kappa shape index (κ3) is 3.93. The molecule has 19 heavy (non-hydrogen) atoms. The van der Waals surface area contributed by atoms with Gasteiger partial charge >= 0.3 is 0 Å². The molecule has 3 heteroatoms. The first kappa shape index (κ1) is 15.3. The molecule has 0 radical (unpaired) electrons. The van der Waals surface area contributed by atoms with Crippen molar-refractivity contribution in [2.24, 2.45) is 11.3 Å². The van der Waals surface area contributed by atoms with Gasteiger partial charge in [-0.15, -0.1) is 0 Å². The number of likely N-dealkylation sites (tertiary alicyclic amines) is 1. The summed E-state index contributed by atoms with van der Waals surface area (Å²) in [4.78, 5) is 2.59. The Morgan fingerprint density at radius 1 is 1.26 bits per heavy atom. The number of hydrogen-bond acceptors (Lipinski definition) is 3. The highest BCUT2D eigenvalue weighted by Crippen LogP contribution is 2.40. The summed E-state index contributed by atoms with van der Waals surface area (Å²) in [7, 11) is 0. The molecular weight excluding hydrogens is 236 g/mol. The van der Waals surface area contributed by atoms with E-state index in [0.29, 0.717) is 11.3 Å². The molecule has 112 valence electrons. The number of nitrogens with zero attached hydrogens (tertiary/aromatic N) is 1. The minimum atomic E-state index is -0.0385. The molecule has 0 spiro atoms. The maximum Gasteiger partial charge on any atom is 0.0628 e. The van der Waals surface area contributed by atoms with Crippen LogP contribution in [0.2, 0.25) is 0 Å². The van der Waals surface area contributed by atoms with Gasteiger partial charge in [-0.05, 0) is 63.1 Å². The molecule has 1 aliphatic carbocycles. The summed E-state index contributed by atoms with van der Waals surface area (Å²) in [5.41, 5.74) is 0.456. The molecule has 3 nitrogen and oxygen atoms in total. The number of aliphatic hydroxyl groups excluding tert-OH is 1. The molecule has 0 bridgehead atoms. The Labute approximate surface area is 118 Å². The molecular formula is C16H32N2O. The van der Waals surface area contributed by atoms with E-state index >= 15 is 0 Å². The Morgan fingerprint density at radius 3 is 2.58 bits per heavy atom. The normalized spacial score (nSPS) is 27.8. The van der Waals surface area contributed by atoms with Gasteiger partial charge in [0.1, 0.15) is 0 Å². The first-order valence-corrected chi connectivity index (χ1v) is 8.09. The van der Waals surface area contributed by atoms with Crippen molar-refractivity contribution in [2.75, 3.05) is 32.8 Å².